The lowest BCUT2D eigenvalue weighted by Gasteiger charge is -2.33. The van der Waals surface area contributed by atoms with E-state index < -0.39 is 0 Å². The molecule has 0 bridgehead atoms. The molecule has 0 saturated carbocycles. The summed E-state index contributed by atoms with van der Waals surface area (Å²) in [5.74, 6) is 0.706. The Morgan fingerprint density at radius 2 is 1.83 bits per heavy atom. The molecule has 5 heteroatoms. The zero-order valence-corrected chi connectivity index (χ0v) is 13.2. The van der Waals surface area contributed by atoms with Crippen LogP contribution >= 0.6 is 0 Å². The number of fused-ring (bicyclic) bond motifs is 1. The third-order valence-electron chi connectivity index (χ3n) is 4.60. The first-order valence-corrected chi connectivity index (χ1v) is 8.18. The van der Waals surface area contributed by atoms with Crippen LogP contribution in [0.3, 0.4) is 0 Å². The normalized spacial score (nSPS) is 20.2. The Kier molecular flexibility index (Phi) is 3.78. The largest absolute Gasteiger partial charge is 0.470 e. The number of nitro groups is 1. The van der Waals surface area contributed by atoms with Crippen molar-refractivity contribution in [2.24, 2.45) is 0 Å². The van der Waals surface area contributed by atoms with E-state index >= 15 is 0 Å². The van der Waals surface area contributed by atoms with Gasteiger partial charge in [0, 0.05) is 36.4 Å². The van der Waals surface area contributed by atoms with Crippen LogP contribution in [0.1, 0.15) is 24.0 Å². The molecule has 0 radical (unpaired) electrons. The highest BCUT2D eigenvalue weighted by molar-refractivity contribution is 5.87. The van der Waals surface area contributed by atoms with Crippen LogP contribution in [0.4, 0.5) is 5.69 Å². The molecule has 0 aromatic heterocycles. The molecule has 4 rings (SSSR count). The summed E-state index contributed by atoms with van der Waals surface area (Å²) in [6.45, 7) is 2.02. The number of non-ortho nitro benzene ring substituents is 1. The van der Waals surface area contributed by atoms with E-state index in [9.17, 15) is 10.1 Å². The number of hydrogen-bond donors (Lipinski definition) is 0. The first-order chi connectivity index (χ1) is 11.7. The first kappa shape index (κ1) is 14.9. The van der Waals surface area contributed by atoms with Gasteiger partial charge in [-0.3, -0.25) is 15.0 Å². The standard InChI is InChI=1S/C19H18N2O3/c22-21(23)16-8-9-18-15(12-16)13-17(14-6-2-1-3-7-14)19(24-18)20-10-4-5-11-20/h1-3,6-9,12-13,19H,4-5,10-11H2. The molecule has 122 valence electrons. The molecule has 2 aromatic carbocycles. The van der Waals surface area contributed by atoms with E-state index in [4.69, 9.17) is 4.74 Å². The first-order valence-electron chi connectivity index (χ1n) is 8.18. The average Bonchev–Trinajstić information content (AvgIpc) is 3.15. The molecule has 0 spiro atoms. The Hall–Kier alpha value is -2.66. The summed E-state index contributed by atoms with van der Waals surface area (Å²) in [5, 5.41) is 11.0. The highest BCUT2D eigenvalue weighted by Crippen LogP contribution is 2.38. The van der Waals surface area contributed by atoms with Crippen LogP contribution in [0.2, 0.25) is 0 Å². The molecule has 1 atom stereocenters. The lowest BCUT2D eigenvalue weighted by molar-refractivity contribution is -0.384. The van der Waals surface area contributed by atoms with Gasteiger partial charge in [0.15, 0.2) is 6.23 Å². The van der Waals surface area contributed by atoms with Gasteiger partial charge < -0.3 is 4.74 Å². The SMILES string of the molecule is O=[N+]([O-])c1ccc2c(c1)C=C(c1ccccc1)C(N1CCCC1)O2. The summed E-state index contributed by atoms with van der Waals surface area (Å²) in [4.78, 5) is 13.0. The van der Waals surface area contributed by atoms with Gasteiger partial charge in [0.1, 0.15) is 5.75 Å². The van der Waals surface area contributed by atoms with Gasteiger partial charge in [0.2, 0.25) is 0 Å². The smallest absolute Gasteiger partial charge is 0.270 e. The van der Waals surface area contributed by atoms with Gasteiger partial charge in [-0.2, -0.15) is 0 Å². The summed E-state index contributed by atoms with van der Waals surface area (Å²) < 4.78 is 6.25. The van der Waals surface area contributed by atoms with Gasteiger partial charge in [-0.25, -0.2) is 0 Å². The predicted octanol–water partition coefficient (Wildman–Crippen LogP) is 3.95. The molecule has 24 heavy (non-hydrogen) atoms. The van der Waals surface area contributed by atoms with Crippen molar-refractivity contribution in [2.45, 2.75) is 19.1 Å². The van der Waals surface area contributed by atoms with Crippen molar-refractivity contribution in [3.05, 3.63) is 69.8 Å². The maximum atomic E-state index is 11.0. The molecule has 1 unspecified atom stereocenters. The molecule has 2 heterocycles. The maximum absolute atomic E-state index is 11.0. The quantitative estimate of drug-likeness (QED) is 0.634. The lowest BCUT2D eigenvalue weighted by atomic mass is 9.97. The molecule has 2 aliphatic heterocycles. The molecule has 5 nitrogen and oxygen atoms in total. The van der Waals surface area contributed by atoms with Crippen LogP contribution in [-0.4, -0.2) is 29.1 Å². The summed E-state index contributed by atoms with van der Waals surface area (Å²) in [6.07, 6.45) is 4.25. The minimum atomic E-state index is -0.372. The van der Waals surface area contributed by atoms with Gasteiger partial charge >= 0.3 is 0 Å². The summed E-state index contributed by atoms with van der Waals surface area (Å²) in [5.41, 5.74) is 3.00. The molecule has 1 saturated heterocycles. The molecular formula is C19H18N2O3. The van der Waals surface area contributed by atoms with E-state index in [-0.39, 0.29) is 16.8 Å². The molecule has 2 aromatic rings. The van der Waals surface area contributed by atoms with E-state index in [1.165, 1.54) is 18.9 Å². The second-order valence-electron chi connectivity index (χ2n) is 6.16. The Morgan fingerprint density at radius 3 is 2.54 bits per heavy atom. The van der Waals surface area contributed by atoms with Gasteiger partial charge in [-0.1, -0.05) is 30.3 Å². The summed E-state index contributed by atoms with van der Waals surface area (Å²) in [7, 11) is 0. The molecule has 0 N–H and O–H groups in total. The van der Waals surface area contributed by atoms with Crippen molar-refractivity contribution < 1.29 is 9.66 Å². The van der Waals surface area contributed by atoms with Crippen molar-refractivity contribution in [1.82, 2.24) is 4.90 Å². The minimum Gasteiger partial charge on any atom is -0.470 e. The number of nitro benzene ring substituents is 1. The van der Waals surface area contributed by atoms with Gasteiger partial charge in [-0.05, 0) is 30.5 Å². The number of ether oxygens (including phenoxy) is 1. The summed E-state index contributed by atoms with van der Waals surface area (Å²) >= 11 is 0. The number of hydrogen-bond acceptors (Lipinski definition) is 4. The Bertz CT molecular complexity index is 796. The zero-order chi connectivity index (χ0) is 16.5. The van der Waals surface area contributed by atoms with Crippen LogP contribution in [0.25, 0.3) is 11.6 Å². The fourth-order valence-corrected chi connectivity index (χ4v) is 3.40. The minimum absolute atomic E-state index is 0.0839. The predicted molar refractivity (Wildman–Crippen MR) is 92.6 cm³/mol. The summed E-state index contributed by atoms with van der Waals surface area (Å²) in [6, 6.07) is 14.9. The Labute approximate surface area is 140 Å². The fourth-order valence-electron chi connectivity index (χ4n) is 3.40. The van der Waals surface area contributed by atoms with Crippen molar-refractivity contribution in [1.29, 1.82) is 0 Å². The zero-order valence-electron chi connectivity index (χ0n) is 13.2. The van der Waals surface area contributed by atoms with E-state index in [2.05, 4.69) is 17.0 Å². The number of likely N-dealkylation sites (tertiary alicyclic amines) is 1. The van der Waals surface area contributed by atoms with Crippen LogP contribution in [0.15, 0.2) is 48.5 Å². The van der Waals surface area contributed by atoms with Crippen LogP contribution in [-0.2, 0) is 0 Å². The van der Waals surface area contributed by atoms with Crippen LogP contribution in [0, 0.1) is 10.1 Å². The van der Waals surface area contributed by atoms with Crippen molar-refractivity contribution >= 4 is 17.3 Å². The monoisotopic (exact) mass is 322 g/mol. The number of nitrogens with zero attached hydrogens (tertiary/aromatic N) is 2. The molecule has 1 fully saturated rings. The molecule has 0 aliphatic carbocycles. The van der Waals surface area contributed by atoms with Gasteiger partial charge in [-0.15, -0.1) is 0 Å². The third-order valence-corrected chi connectivity index (χ3v) is 4.60. The van der Waals surface area contributed by atoms with E-state index in [0.717, 1.165) is 29.8 Å². The fraction of sp³-hybridized carbons (Fsp3) is 0.263. The van der Waals surface area contributed by atoms with E-state index in [0.29, 0.717) is 5.75 Å². The number of benzene rings is 2. The maximum Gasteiger partial charge on any atom is 0.270 e. The highest BCUT2D eigenvalue weighted by Gasteiger charge is 2.31. The number of rotatable bonds is 3. The molecular weight excluding hydrogens is 304 g/mol. The van der Waals surface area contributed by atoms with E-state index in [1.54, 1.807) is 12.1 Å². The third kappa shape index (κ3) is 2.67. The van der Waals surface area contributed by atoms with Crippen molar-refractivity contribution in [3.63, 3.8) is 0 Å². The second-order valence-corrected chi connectivity index (χ2v) is 6.16. The lowest BCUT2D eigenvalue weighted by Crippen LogP contribution is -2.39. The van der Waals surface area contributed by atoms with Crippen LogP contribution in [0.5, 0.6) is 5.75 Å². The Balaban J connectivity index is 1.80. The van der Waals surface area contributed by atoms with Crippen molar-refractivity contribution in [3.8, 4) is 5.75 Å². The van der Waals surface area contributed by atoms with Gasteiger partial charge in [0.05, 0.1) is 4.92 Å². The second kappa shape index (κ2) is 6.09. The van der Waals surface area contributed by atoms with E-state index in [1.807, 2.05) is 24.3 Å². The van der Waals surface area contributed by atoms with Crippen molar-refractivity contribution in [2.75, 3.05) is 13.1 Å². The van der Waals surface area contributed by atoms with Crippen LogP contribution < -0.4 is 4.74 Å². The molecule has 0 amide bonds. The average molecular weight is 322 g/mol. The topological polar surface area (TPSA) is 55.6 Å². The molecule has 2 aliphatic rings. The van der Waals surface area contributed by atoms with Gasteiger partial charge in [0.25, 0.3) is 5.69 Å². The highest BCUT2D eigenvalue weighted by atomic mass is 16.6. The Morgan fingerprint density at radius 1 is 1.08 bits per heavy atom.